The number of likely N-dealkylation sites (tertiary alicyclic amines) is 1. The number of aryl methyl sites for hydroxylation is 1. The summed E-state index contributed by atoms with van der Waals surface area (Å²) >= 11 is 0. The molecule has 4 aromatic rings. The minimum atomic E-state index is -2.56. The van der Waals surface area contributed by atoms with Gasteiger partial charge in [0.05, 0.1) is 11.9 Å². The number of amides is 1. The topological polar surface area (TPSA) is 58.1 Å². The van der Waals surface area contributed by atoms with Crippen molar-refractivity contribution in [1.29, 1.82) is 0 Å². The Hall–Kier alpha value is -4.23. The van der Waals surface area contributed by atoms with E-state index in [9.17, 15) is 13.6 Å². The summed E-state index contributed by atoms with van der Waals surface area (Å²) in [4.78, 5) is 24.4. The van der Waals surface area contributed by atoms with Gasteiger partial charge in [0.2, 0.25) is 0 Å². The van der Waals surface area contributed by atoms with Gasteiger partial charge < -0.3 is 5.32 Å². The predicted molar refractivity (Wildman–Crippen MR) is 158 cm³/mol. The molecule has 208 valence electrons. The Morgan fingerprint density at radius 1 is 0.902 bits per heavy atom. The molecule has 2 aromatic heterocycles. The van der Waals surface area contributed by atoms with E-state index < -0.39 is 5.92 Å². The number of piperidine rings is 1. The third kappa shape index (κ3) is 6.57. The normalized spacial score (nSPS) is 16.5. The second kappa shape index (κ2) is 11.7. The number of halogens is 2. The number of alkyl halides is 2. The van der Waals surface area contributed by atoms with Crippen LogP contribution in [-0.2, 0) is 24.2 Å². The molecule has 1 fully saturated rings. The standard InChI is InChI=1S/C34H32F2N4O/c35-34(36)13-15-40(16-14-34)23-25-17-28(21-37-20-25)27-10-9-26-7-4-8-31(32(26)19-27)33(41)39-30-12-11-29(38-22-30)18-24-5-2-1-3-6-24/h1-3,5-6,8-12,17,19-22H,4,7,13-16,18,23H2,(H,39,41). The molecule has 2 aliphatic rings. The predicted octanol–water partition coefficient (Wildman–Crippen LogP) is 6.93. The van der Waals surface area contributed by atoms with Crippen LogP contribution in [0.5, 0.6) is 0 Å². The molecule has 0 atom stereocenters. The van der Waals surface area contributed by atoms with E-state index in [1.165, 1.54) is 5.56 Å². The van der Waals surface area contributed by atoms with Crippen molar-refractivity contribution in [2.45, 2.75) is 44.6 Å². The van der Waals surface area contributed by atoms with Crippen LogP contribution in [-0.4, -0.2) is 39.8 Å². The van der Waals surface area contributed by atoms with Gasteiger partial charge in [-0.2, -0.15) is 0 Å². The van der Waals surface area contributed by atoms with Crippen molar-refractivity contribution >= 4 is 17.2 Å². The Morgan fingerprint density at radius 3 is 2.51 bits per heavy atom. The first-order valence-electron chi connectivity index (χ1n) is 14.1. The Balaban J connectivity index is 1.16. The summed E-state index contributed by atoms with van der Waals surface area (Å²) in [7, 11) is 0. The summed E-state index contributed by atoms with van der Waals surface area (Å²) in [5.74, 6) is -2.71. The van der Waals surface area contributed by atoms with Crippen LogP contribution >= 0.6 is 0 Å². The van der Waals surface area contributed by atoms with Gasteiger partial charge in [-0.05, 0) is 64.9 Å². The van der Waals surface area contributed by atoms with Crippen molar-refractivity contribution < 1.29 is 13.6 Å². The van der Waals surface area contributed by atoms with Crippen molar-refractivity contribution in [3.63, 3.8) is 0 Å². The number of nitrogens with one attached hydrogen (secondary N) is 1. The molecule has 1 N–H and O–H groups in total. The monoisotopic (exact) mass is 550 g/mol. The Bertz CT molecular complexity index is 1560. The van der Waals surface area contributed by atoms with Gasteiger partial charge in [-0.25, -0.2) is 8.78 Å². The van der Waals surface area contributed by atoms with Gasteiger partial charge in [0.25, 0.3) is 11.8 Å². The fourth-order valence-electron chi connectivity index (χ4n) is 5.56. The van der Waals surface area contributed by atoms with E-state index in [-0.39, 0.29) is 18.7 Å². The molecule has 1 saturated heterocycles. The van der Waals surface area contributed by atoms with E-state index >= 15 is 0 Å². The molecule has 3 heterocycles. The SMILES string of the molecule is O=C(Nc1ccc(Cc2ccccc2)nc1)C1=CCCc2ccc(-c3cncc(CN4CCC(F)(F)CC4)c3)cc21. The van der Waals surface area contributed by atoms with Crippen LogP contribution in [0, 0.1) is 0 Å². The second-order valence-corrected chi connectivity index (χ2v) is 10.9. The maximum Gasteiger partial charge on any atom is 0.255 e. The van der Waals surface area contributed by atoms with Gasteiger partial charge in [-0.15, -0.1) is 0 Å². The number of carbonyl (C=O) groups excluding carboxylic acids is 1. The maximum atomic E-state index is 13.6. The first kappa shape index (κ1) is 27.0. The zero-order valence-corrected chi connectivity index (χ0v) is 22.8. The van der Waals surface area contributed by atoms with Gasteiger partial charge in [-0.1, -0.05) is 48.5 Å². The van der Waals surface area contributed by atoms with Crippen molar-refractivity contribution in [2.75, 3.05) is 18.4 Å². The van der Waals surface area contributed by atoms with E-state index in [4.69, 9.17) is 0 Å². The molecule has 1 amide bonds. The average Bonchev–Trinajstić information content (AvgIpc) is 2.99. The lowest BCUT2D eigenvalue weighted by molar-refractivity contribution is -0.111. The lowest BCUT2D eigenvalue weighted by atomic mass is 9.88. The van der Waals surface area contributed by atoms with Gasteiger partial charge in [-0.3, -0.25) is 19.7 Å². The van der Waals surface area contributed by atoms with E-state index in [0.717, 1.165) is 52.8 Å². The summed E-state index contributed by atoms with van der Waals surface area (Å²) < 4.78 is 27.1. The van der Waals surface area contributed by atoms with Gasteiger partial charge in [0.1, 0.15) is 0 Å². The zero-order valence-electron chi connectivity index (χ0n) is 22.8. The van der Waals surface area contributed by atoms with E-state index in [1.807, 2.05) is 42.6 Å². The molecule has 0 spiro atoms. The van der Waals surface area contributed by atoms with Crippen molar-refractivity contribution in [3.05, 3.63) is 119 Å². The molecule has 0 saturated carbocycles. The molecular weight excluding hydrogens is 518 g/mol. The summed E-state index contributed by atoms with van der Waals surface area (Å²) in [6.07, 6.45) is 9.52. The molecule has 7 heteroatoms. The van der Waals surface area contributed by atoms with Crippen molar-refractivity contribution in [2.24, 2.45) is 0 Å². The van der Waals surface area contributed by atoms with Crippen molar-refractivity contribution in [3.8, 4) is 11.1 Å². The first-order chi connectivity index (χ1) is 19.9. The van der Waals surface area contributed by atoms with E-state index in [0.29, 0.717) is 30.9 Å². The lowest BCUT2D eigenvalue weighted by Gasteiger charge is -2.31. The molecule has 1 aliphatic heterocycles. The van der Waals surface area contributed by atoms with Crippen LogP contribution in [0.25, 0.3) is 16.7 Å². The van der Waals surface area contributed by atoms with Gasteiger partial charge in [0.15, 0.2) is 0 Å². The van der Waals surface area contributed by atoms with E-state index in [2.05, 4.69) is 56.6 Å². The molecular formula is C34H32F2N4O. The number of aromatic nitrogens is 2. The summed E-state index contributed by atoms with van der Waals surface area (Å²) in [6, 6.07) is 22.3. The number of pyridine rings is 2. The molecule has 5 nitrogen and oxygen atoms in total. The molecule has 6 rings (SSSR count). The first-order valence-corrected chi connectivity index (χ1v) is 14.1. The Labute approximate surface area is 239 Å². The number of hydrogen-bond acceptors (Lipinski definition) is 4. The van der Waals surface area contributed by atoms with E-state index in [1.54, 1.807) is 12.4 Å². The van der Waals surface area contributed by atoms with Gasteiger partial charge in [0, 0.05) is 68.1 Å². The highest BCUT2D eigenvalue weighted by atomic mass is 19.3. The van der Waals surface area contributed by atoms with Gasteiger partial charge >= 0.3 is 0 Å². The number of hydrogen-bond donors (Lipinski definition) is 1. The Morgan fingerprint density at radius 2 is 1.73 bits per heavy atom. The number of fused-ring (bicyclic) bond motifs is 1. The highest BCUT2D eigenvalue weighted by molar-refractivity contribution is 6.26. The average molecular weight is 551 g/mol. The minimum absolute atomic E-state index is 0.101. The number of rotatable bonds is 7. The number of benzene rings is 2. The third-order valence-electron chi connectivity index (χ3n) is 7.84. The van der Waals surface area contributed by atoms with Crippen LogP contribution in [0.3, 0.4) is 0 Å². The van der Waals surface area contributed by atoms with Crippen LogP contribution in [0.1, 0.15) is 47.2 Å². The molecule has 0 bridgehead atoms. The fraction of sp³-hybridized carbons (Fsp3) is 0.265. The summed E-state index contributed by atoms with van der Waals surface area (Å²) in [5.41, 5.74) is 8.39. The smallest absolute Gasteiger partial charge is 0.255 e. The highest BCUT2D eigenvalue weighted by Crippen LogP contribution is 2.33. The Kier molecular flexibility index (Phi) is 7.70. The highest BCUT2D eigenvalue weighted by Gasteiger charge is 2.33. The fourth-order valence-corrected chi connectivity index (χ4v) is 5.56. The minimum Gasteiger partial charge on any atom is -0.321 e. The quantitative estimate of drug-likeness (QED) is 0.271. The molecule has 1 aliphatic carbocycles. The van der Waals surface area contributed by atoms with Crippen LogP contribution in [0.2, 0.25) is 0 Å². The van der Waals surface area contributed by atoms with Crippen molar-refractivity contribution in [1.82, 2.24) is 14.9 Å². The zero-order chi connectivity index (χ0) is 28.2. The molecule has 0 unspecified atom stereocenters. The van der Waals surface area contributed by atoms with Crippen LogP contribution < -0.4 is 5.32 Å². The summed E-state index contributed by atoms with van der Waals surface area (Å²) in [5, 5.41) is 3.02. The lowest BCUT2D eigenvalue weighted by Crippen LogP contribution is -2.38. The third-order valence-corrected chi connectivity index (χ3v) is 7.84. The number of anilines is 1. The molecule has 41 heavy (non-hydrogen) atoms. The number of carbonyl (C=O) groups is 1. The molecule has 2 aromatic carbocycles. The maximum absolute atomic E-state index is 13.6. The van der Waals surface area contributed by atoms with Crippen LogP contribution in [0.4, 0.5) is 14.5 Å². The molecule has 0 radical (unpaired) electrons. The number of nitrogens with zero attached hydrogens (tertiary/aromatic N) is 3. The van der Waals surface area contributed by atoms with Crippen LogP contribution in [0.15, 0.2) is 91.4 Å². The number of allylic oxidation sites excluding steroid dienone is 1. The summed E-state index contributed by atoms with van der Waals surface area (Å²) in [6.45, 7) is 1.35. The second-order valence-electron chi connectivity index (χ2n) is 10.9. The largest absolute Gasteiger partial charge is 0.321 e.